The molecular formula is C19H17FN2O. The zero-order chi connectivity index (χ0) is 15.8. The van der Waals surface area contributed by atoms with Gasteiger partial charge in [0.05, 0.1) is 23.8 Å². The molecule has 0 saturated heterocycles. The van der Waals surface area contributed by atoms with E-state index in [0.717, 1.165) is 41.9 Å². The number of para-hydroxylation sites is 2. The molecule has 2 aromatic carbocycles. The highest BCUT2D eigenvalue weighted by molar-refractivity contribution is 6.14. The first-order valence-corrected chi connectivity index (χ1v) is 7.95. The maximum Gasteiger partial charge on any atom is 0.236 e. The predicted molar refractivity (Wildman–Crippen MR) is 88.5 cm³/mol. The number of hydrogen-bond donors (Lipinski definition) is 0. The maximum absolute atomic E-state index is 13.1. The van der Waals surface area contributed by atoms with Crippen molar-refractivity contribution in [3.63, 3.8) is 0 Å². The first-order chi connectivity index (χ1) is 11.2. The van der Waals surface area contributed by atoms with E-state index in [4.69, 9.17) is 4.99 Å². The Morgan fingerprint density at radius 3 is 2.74 bits per heavy atom. The lowest BCUT2D eigenvalue weighted by atomic mass is 10.0. The van der Waals surface area contributed by atoms with Crippen LogP contribution in [-0.4, -0.2) is 11.6 Å². The summed E-state index contributed by atoms with van der Waals surface area (Å²) >= 11 is 0. The third kappa shape index (κ3) is 2.54. The zero-order valence-corrected chi connectivity index (χ0v) is 12.7. The Morgan fingerprint density at radius 1 is 1.13 bits per heavy atom. The molecule has 1 amide bonds. The lowest BCUT2D eigenvalue weighted by Crippen LogP contribution is -2.36. The molecule has 0 radical (unpaired) electrons. The number of anilines is 1. The van der Waals surface area contributed by atoms with Gasteiger partial charge in [-0.15, -0.1) is 0 Å². The maximum atomic E-state index is 13.1. The fraction of sp³-hybridized carbons (Fsp3) is 0.263. The fourth-order valence-electron chi connectivity index (χ4n) is 3.41. The number of benzene rings is 2. The van der Waals surface area contributed by atoms with Crippen molar-refractivity contribution in [1.82, 2.24) is 0 Å². The summed E-state index contributed by atoms with van der Waals surface area (Å²) in [5.74, 6) is -0.267. The smallest absolute Gasteiger partial charge is 0.236 e. The van der Waals surface area contributed by atoms with E-state index in [9.17, 15) is 9.18 Å². The average Bonchev–Trinajstić information content (AvgIpc) is 2.99. The van der Waals surface area contributed by atoms with E-state index >= 15 is 0 Å². The average molecular weight is 308 g/mol. The van der Waals surface area contributed by atoms with Gasteiger partial charge in [0.2, 0.25) is 5.91 Å². The number of aliphatic imine (C=N–C) groups is 1. The van der Waals surface area contributed by atoms with Crippen molar-refractivity contribution >= 4 is 23.0 Å². The summed E-state index contributed by atoms with van der Waals surface area (Å²) in [5.41, 5.74) is 3.60. The van der Waals surface area contributed by atoms with Gasteiger partial charge >= 0.3 is 0 Å². The van der Waals surface area contributed by atoms with Crippen LogP contribution in [-0.2, 0) is 11.3 Å². The molecule has 1 aliphatic carbocycles. The summed E-state index contributed by atoms with van der Waals surface area (Å²) in [7, 11) is 0. The van der Waals surface area contributed by atoms with Crippen LogP contribution in [0.4, 0.5) is 15.8 Å². The Labute approximate surface area is 134 Å². The van der Waals surface area contributed by atoms with Crippen LogP contribution in [0, 0.1) is 11.7 Å². The lowest BCUT2D eigenvalue weighted by Gasteiger charge is -2.25. The van der Waals surface area contributed by atoms with Crippen LogP contribution < -0.4 is 4.90 Å². The highest BCUT2D eigenvalue weighted by atomic mass is 19.1. The van der Waals surface area contributed by atoms with E-state index in [1.165, 1.54) is 12.1 Å². The molecule has 0 bridgehead atoms. The number of rotatable bonds is 2. The minimum absolute atomic E-state index is 0.107. The number of nitrogens with zero attached hydrogens (tertiary/aromatic N) is 2. The third-order valence-electron chi connectivity index (χ3n) is 4.58. The summed E-state index contributed by atoms with van der Waals surface area (Å²) in [6.45, 7) is 0.440. The Bertz CT molecular complexity index is 782. The van der Waals surface area contributed by atoms with Crippen LogP contribution in [0.3, 0.4) is 0 Å². The summed E-state index contributed by atoms with van der Waals surface area (Å²) in [6.07, 6.45) is 2.78. The second-order valence-corrected chi connectivity index (χ2v) is 6.09. The van der Waals surface area contributed by atoms with Gasteiger partial charge in [0, 0.05) is 5.71 Å². The molecule has 0 spiro atoms. The first kappa shape index (κ1) is 14.1. The molecule has 0 aromatic heterocycles. The number of amides is 1. The topological polar surface area (TPSA) is 32.7 Å². The van der Waals surface area contributed by atoms with E-state index in [1.807, 2.05) is 24.3 Å². The van der Waals surface area contributed by atoms with Crippen LogP contribution in [0.2, 0.25) is 0 Å². The second kappa shape index (κ2) is 5.61. The molecule has 4 rings (SSSR count). The van der Waals surface area contributed by atoms with Crippen molar-refractivity contribution in [2.24, 2.45) is 10.9 Å². The standard InChI is InChI=1S/C19H17FN2O/c20-14-10-8-13(9-11-14)12-22-18-7-2-1-5-17(18)21-16-6-3-4-15(16)19(22)23/h1-2,5,7-11,15H,3-4,6,12H2/t15-/m0/s1. The molecule has 2 aliphatic rings. The molecule has 0 N–H and O–H groups in total. The minimum atomic E-state index is -0.266. The minimum Gasteiger partial charge on any atom is -0.305 e. The molecule has 23 heavy (non-hydrogen) atoms. The van der Waals surface area contributed by atoms with E-state index in [0.29, 0.717) is 6.54 Å². The molecule has 0 unspecified atom stereocenters. The van der Waals surface area contributed by atoms with Crippen LogP contribution in [0.1, 0.15) is 24.8 Å². The van der Waals surface area contributed by atoms with Crippen molar-refractivity contribution < 1.29 is 9.18 Å². The summed E-state index contributed by atoms with van der Waals surface area (Å²) in [5, 5.41) is 0. The van der Waals surface area contributed by atoms with Gasteiger partial charge < -0.3 is 4.90 Å². The molecule has 1 fully saturated rings. The first-order valence-electron chi connectivity index (χ1n) is 7.95. The van der Waals surface area contributed by atoms with E-state index < -0.39 is 0 Å². The van der Waals surface area contributed by atoms with Crippen molar-refractivity contribution in [2.75, 3.05) is 4.90 Å². The van der Waals surface area contributed by atoms with Gasteiger partial charge in [0.25, 0.3) is 0 Å². The Kier molecular flexibility index (Phi) is 3.45. The van der Waals surface area contributed by atoms with E-state index in [1.54, 1.807) is 17.0 Å². The van der Waals surface area contributed by atoms with Crippen molar-refractivity contribution in [2.45, 2.75) is 25.8 Å². The molecule has 116 valence electrons. The van der Waals surface area contributed by atoms with Crippen molar-refractivity contribution in [3.8, 4) is 0 Å². The SMILES string of the molecule is O=C1[C@H]2CCCC2=Nc2ccccc2N1Cc1ccc(F)cc1. The molecular weight excluding hydrogens is 291 g/mol. The molecule has 1 atom stereocenters. The van der Waals surface area contributed by atoms with Crippen LogP contribution in [0.5, 0.6) is 0 Å². The monoisotopic (exact) mass is 308 g/mol. The van der Waals surface area contributed by atoms with Gasteiger partial charge in [-0.05, 0) is 49.1 Å². The van der Waals surface area contributed by atoms with Crippen LogP contribution in [0.15, 0.2) is 53.5 Å². The predicted octanol–water partition coefficient (Wildman–Crippen LogP) is 4.25. The molecule has 1 saturated carbocycles. The zero-order valence-electron chi connectivity index (χ0n) is 12.7. The number of carbonyl (C=O) groups is 1. The number of hydrogen-bond acceptors (Lipinski definition) is 2. The Hall–Kier alpha value is -2.49. The Balaban J connectivity index is 1.76. The van der Waals surface area contributed by atoms with E-state index in [2.05, 4.69) is 0 Å². The number of carbonyl (C=O) groups excluding carboxylic acids is 1. The molecule has 3 nitrogen and oxygen atoms in total. The molecule has 4 heteroatoms. The van der Waals surface area contributed by atoms with Gasteiger partial charge in [0.1, 0.15) is 5.82 Å². The van der Waals surface area contributed by atoms with E-state index in [-0.39, 0.29) is 17.6 Å². The normalized spacial score (nSPS) is 19.9. The van der Waals surface area contributed by atoms with Gasteiger partial charge in [-0.1, -0.05) is 24.3 Å². The highest BCUT2D eigenvalue weighted by Gasteiger charge is 2.36. The quantitative estimate of drug-likeness (QED) is 0.816. The van der Waals surface area contributed by atoms with Gasteiger partial charge in [-0.25, -0.2) is 4.39 Å². The van der Waals surface area contributed by atoms with Gasteiger partial charge in [-0.3, -0.25) is 9.79 Å². The van der Waals surface area contributed by atoms with Crippen LogP contribution in [0.25, 0.3) is 0 Å². The number of fused-ring (bicyclic) bond motifs is 2. The van der Waals surface area contributed by atoms with Gasteiger partial charge in [-0.2, -0.15) is 0 Å². The molecule has 2 aromatic rings. The second-order valence-electron chi connectivity index (χ2n) is 6.09. The van der Waals surface area contributed by atoms with Gasteiger partial charge in [0.15, 0.2) is 0 Å². The largest absolute Gasteiger partial charge is 0.305 e. The third-order valence-corrected chi connectivity index (χ3v) is 4.58. The van der Waals surface area contributed by atoms with Crippen LogP contribution >= 0.6 is 0 Å². The molecule has 1 aliphatic heterocycles. The van der Waals surface area contributed by atoms with Crippen molar-refractivity contribution in [1.29, 1.82) is 0 Å². The lowest BCUT2D eigenvalue weighted by molar-refractivity contribution is -0.120. The number of halogens is 1. The summed E-state index contributed by atoms with van der Waals surface area (Å²) in [6, 6.07) is 14.1. The fourth-order valence-corrected chi connectivity index (χ4v) is 3.41. The highest BCUT2D eigenvalue weighted by Crippen LogP contribution is 2.38. The Morgan fingerprint density at radius 2 is 1.91 bits per heavy atom. The van der Waals surface area contributed by atoms with Crippen molar-refractivity contribution in [3.05, 3.63) is 59.9 Å². The summed E-state index contributed by atoms with van der Waals surface area (Å²) in [4.78, 5) is 19.6. The summed E-state index contributed by atoms with van der Waals surface area (Å²) < 4.78 is 13.1. The molecule has 1 heterocycles.